The van der Waals surface area contributed by atoms with E-state index in [0.717, 1.165) is 21.9 Å². The standard InChI is InChI=1S/C23H17N3O3S3/c27-22(25-23-24-21-18-8-4-5-9-19(18)30-14-20(21)31-23)15-10-12-16(13-11-15)26-32(28,29)17-6-2-1-3-7-17/h1-13,26H,14H2,(H,24,25,27). The summed E-state index contributed by atoms with van der Waals surface area (Å²) in [4.78, 5) is 19.8. The molecule has 0 bridgehead atoms. The summed E-state index contributed by atoms with van der Waals surface area (Å²) in [6.45, 7) is 0. The van der Waals surface area contributed by atoms with Gasteiger partial charge < -0.3 is 0 Å². The maximum Gasteiger partial charge on any atom is 0.261 e. The van der Waals surface area contributed by atoms with Gasteiger partial charge in [0.1, 0.15) is 0 Å². The summed E-state index contributed by atoms with van der Waals surface area (Å²) in [5, 5.41) is 3.41. The molecule has 1 aliphatic heterocycles. The van der Waals surface area contributed by atoms with Crippen LogP contribution in [-0.2, 0) is 15.8 Å². The molecule has 0 spiro atoms. The van der Waals surface area contributed by atoms with Gasteiger partial charge in [-0.05, 0) is 42.5 Å². The maximum absolute atomic E-state index is 12.7. The number of aromatic nitrogens is 1. The van der Waals surface area contributed by atoms with Crippen molar-refractivity contribution in [3.63, 3.8) is 0 Å². The number of fused-ring (bicyclic) bond motifs is 3. The van der Waals surface area contributed by atoms with E-state index >= 15 is 0 Å². The molecule has 1 aromatic heterocycles. The SMILES string of the molecule is O=C(Nc1nc2c(s1)CSc1ccccc1-2)c1ccc(NS(=O)(=O)c2ccccc2)cc1. The van der Waals surface area contributed by atoms with Gasteiger partial charge >= 0.3 is 0 Å². The first-order chi connectivity index (χ1) is 15.5. The second kappa shape index (κ2) is 8.42. The van der Waals surface area contributed by atoms with Crippen molar-refractivity contribution in [3.8, 4) is 11.3 Å². The van der Waals surface area contributed by atoms with Crippen LogP contribution in [0.25, 0.3) is 11.3 Å². The molecule has 160 valence electrons. The minimum Gasteiger partial charge on any atom is -0.298 e. The minimum atomic E-state index is -3.68. The van der Waals surface area contributed by atoms with Crippen molar-refractivity contribution in [2.45, 2.75) is 15.5 Å². The number of nitrogens with zero attached hydrogens (tertiary/aromatic N) is 1. The Hall–Kier alpha value is -3.14. The third-order valence-corrected chi connectivity index (χ3v) is 8.52. The molecule has 2 heterocycles. The van der Waals surface area contributed by atoms with Crippen LogP contribution in [0.3, 0.4) is 0 Å². The second-order valence-electron chi connectivity index (χ2n) is 7.03. The number of hydrogen-bond acceptors (Lipinski definition) is 6. The molecule has 0 radical (unpaired) electrons. The first-order valence-electron chi connectivity index (χ1n) is 9.71. The fourth-order valence-corrected chi connectivity index (χ4v) is 6.49. The van der Waals surface area contributed by atoms with E-state index in [1.807, 2.05) is 18.2 Å². The average molecular weight is 480 g/mol. The summed E-state index contributed by atoms with van der Waals surface area (Å²) in [5.41, 5.74) is 2.80. The molecule has 5 rings (SSSR count). The quantitative estimate of drug-likeness (QED) is 0.396. The fraction of sp³-hybridized carbons (Fsp3) is 0.0435. The molecule has 3 aromatic carbocycles. The molecule has 0 saturated heterocycles. The van der Waals surface area contributed by atoms with Crippen LogP contribution in [0.2, 0.25) is 0 Å². The lowest BCUT2D eigenvalue weighted by Gasteiger charge is -2.13. The third kappa shape index (κ3) is 4.14. The van der Waals surface area contributed by atoms with Gasteiger partial charge in [0.15, 0.2) is 5.13 Å². The number of amides is 1. The van der Waals surface area contributed by atoms with Crippen molar-refractivity contribution in [2.75, 3.05) is 10.0 Å². The molecule has 6 nitrogen and oxygen atoms in total. The summed E-state index contributed by atoms with van der Waals surface area (Å²) < 4.78 is 27.4. The van der Waals surface area contributed by atoms with Crippen LogP contribution >= 0.6 is 23.1 Å². The maximum atomic E-state index is 12.7. The monoisotopic (exact) mass is 479 g/mol. The smallest absolute Gasteiger partial charge is 0.261 e. The Morgan fingerprint density at radius 3 is 2.41 bits per heavy atom. The fourth-order valence-electron chi connectivity index (χ4n) is 3.32. The van der Waals surface area contributed by atoms with Gasteiger partial charge in [-0.2, -0.15) is 0 Å². The van der Waals surface area contributed by atoms with Crippen LogP contribution in [0, 0.1) is 0 Å². The number of thiazole rings is 1. The van der Waals surface area contributed by atoms with E-state index in [9.17, 15) is 13.2 Å². The Labute approximate surface area is 193 Å². The van der Waals surface area contributed by atoms with E-state index in [1.165, 1.54) is 28.4 Å². The Morgan fingerprint density at radius 1 is 0.906 bits per heavy atom. The molecule has 0 atom stereocenters. The largest absolute Gasteiger partial charge is 0.298 e. The van der Waals surface area contributed by atoms with Gasteiger partial charge in [0.2, 0.25) is 0 Å². The van der Waals surface area contributed by atoms with Crippen LogP contribution < -0.4 is 10.0 Å². The average Bonchev–Trinajstić information content (AvgIpc) is 3.23. The molecule has 1 aliphatic rings. The zero-order chi connectivity index (χ0) is 22.1. The molecular formula is C23H17N3O3S3. The summed E-state index contributed by atoms with van der Waals surface area (Å²) in [6.07, 6.45) is 0. The van der Waals surface area contributed by atoms with Crippen molar-refractivity contribution < 1.29 is 13.2 Å². The highest BCUT2D eigenvalue weighted by molar-refractivity contribution is 7.98. The van der Waals surface area contributed by atoms with Gasteiger partial charge in [-0.15, -0.1) is 23.1 Å². The highest BCUT2D eigenvalue weighted by atomic mass is 32.2. The summed E-state index contributed by atoms with van der Waals surface area (Å²) in [6, 6.07) is 22.5. The number of carbonyl (C=O) groups is 1. The number of anilines is 2. The van der Waals surface area contributed by atoms with Gasteiger partial charge in [-0.1, -0.05) is 36.4 Å². The molecule has 9 heteroatoms. The van der Waals surface area contributed by atoms with Crippen LogP contribution in [0.1, 0.15) is 15.2 Å². The lowest BCUT2D eigenvalue weighted by Crippen LogP contribution is -2.14. The number of thioether (sulfide) groups is 1. The summed E-state index contributed by atoms with van der Waals surface area (Å²) in [7, 11) is -3.68. The van der Waals surface area contributed by atoms with Crippen LogP contribution in [-0.4, -0.2) is 19.3 Å². The van der Waals surface area contributed by atoms with Crippen LogP contribution in [0.5, 0.6) is 0 Å². The molecule has 32 heavy (non-hydrogen) atoms. The van der Waals surface area contributed by atoms with Crippen molar-refractivity contribution in [2.24, 2.45) is 0 Å². The molecule has 0 aliphatic carbocycles. The minimum absolute atomic E-state index is 0.175. The predicted octanol–water partition coefficient (Wildman–Crippen LogP) is 5.47. The van der Waals surface area contributed by atoms with Crippen molar-refractivity contribution >= 4 is 49.8 Å². The topological polar surface area (TPSA) is 88.2 Å². The van der Waals surface area contributed by atoms with Crippen LogP contribution in [0.15, 0.2) is 88.7 Å². The first-order valence-corrected chi connectivity index (χ1v) is 13.0. The second-order valence-corrected chi connectivity index (χ2v) is 10.8. The first kappa shape index (κ1) is 20.7. The van der Waals surface area contributed by atoms with E-state index in [-0.39, 0.29) is 10.8 Å². The number of nitrogens with one attached hydrogen (secondary N) is 2. The van der Waals surface area contributed by atoms with Gasteiger partial charge in [0.05, 0.1) is 10.6 Å². The Balaban J connectivity index is 1.30. The Bertz CT molecular complexity index is 1400. The molecule has 1 amide bonds. The Morgan fingerprint density at radius 2 is 1.62 bits per heavy atom. The molecular weight excluding hydrogens is 462 g/mol. The normalized spacial score (nSPS) is 12.5. The predicted molar refractivity (Wildman–Crippen MR) is 129 cm³/mol. The third-order valence-electron chi connectivity index (χ3n) is 4.87. The summed E-state index contributed by atoms with van der Waals surface area (Å²) in [5.74, 6) is 0.533. The Kier molecular flexibility index (Phi) is 5.46. The zero-order valence-corrected chi connectivity index (χ0v) is 19.1. The van der Waals surface area contributed by atoms with E-state index in [0.29, 0.717) is 16.4 Å². The highest BCUT2D eigenvalue weighted by Crippen LogP contribution is 2.44. The van der Waals surface area contributed by atoms with E-state index < -0.39 is 10.0 Å². The van der Waals surface area contributed by atoms with Crippen molar-refractivity contribution in [1.29, 1.82) is 0 Å². The van der Waals surface area contributed by atoms with E-state index in [4.69, 9.17) is 0 Å². The molecule has 0 fully saturated rings. The number of carbonyl (C=O) groups excluding carboxylic acids is 1. The lowest BCUT2D eigenvalue weighted by atomic mass is 10.1. The molecule has 2 N–H and O–H groups in total. The highest BCUT2D eigenvalue weighted by Gasteiger charge is 2.22. The van der Waals surface area contributed by atoms with Crippen molar-refractivity contribution in [3.05, 3.63) is 89.3 Å². The van der Waals surface area contributed by atoms with Gasteiger partial charge in [-0.3, -0.25) is 14.8 Å². The van der Waals surface area contributed by atoms with Gasteiger partial charge in [0, 0.05) is 32.3 Å². The van der Waals surface area contributed by atoms with E-state index in [1.54, 1.807) is 54.2 Å². The lowest BCUT2D eigenvalue weighted by molar-refractivity contribution is 0.102. The van der Waals surface area contributed by atoms with Gasteiger partial charge in [-0.25, -0.2) is 13.4 Å². The number of rotatable bonds is 5. The zero-order valence-electron chi connectivity index (χ0n) is 16.6. The molecule has 4 aromatic rings. The number of hydrogen-bond donors (Lipinski definition) is 2. The van der Waals surface area contributed by atoms with Crippen LogP contribution in [0.4, 0.5) is 10.8 Å². The number of benzene rings is 3. The molecule has 0 saturated carbocycles. The number of sulfonamides is 1. The van der Waals surface area contributed by atoms with Gasteiger partial charge in [0.25, 0.3) is 15.9 Å². The molecule has 0 unspecified atom stereocenters. The van der Waals surface area contributed by atoms with E-state index in [2.05, 4.69) is 21.1 Å². The summed E-state index contributed by atoms with van der Waals surface area (Å²) >= 11 is 3.24. The van der Waals surface area contributed by atoms with Crippen molar-refractivity contribution in [1.82, 2.24) is 4.98 Å².